The standard InChI is InChI=1S/C15H15ClN2O/c1-10-4-2-3-5-12(10)9-18-14(19)8-13(16)17-15(18)11-6-7-11/h2-5,8,11H,6-7,9H2,1H3. The van der Waals surface area contributed by atoms with Crippen molar-refractivity contribution in [3.63, 3.8) is 0 Å². The highest BCUT2D eigenvalue weighted by atomic mass is 35.5. The van der Waals surface area contributed by atoms with Crippen molar-refractivity contribution in [1.29, 1.82) is 0 Å². The molecule has 0 saturated heterocycles. The fourth-order valence-corrected chi connectivity index (χ4v) is 2.44. The molecular formula is C15H15ClN2O. The van der Waals surface area contributed by atoms with E-state index in [1.165, 1.54) is 11.6 Å². The van der Waals surface area contributed by atoms with Crippen molar-refractivity contribution in [3.05, 3.63) is 62.8 Å². The number of benzene rings is 1. The molecule has 2 aromatic rings. The van der Waals surface area contributed by atoms with E-state index in [0.29, 0.717) is 17.6 Å². The lowest BCUT2D eigenvalue weighted by Crippen LogP contribution is -2.25. The highest BCUT2D eigenvalue weighted by molar-refractivity contribution is 6.29. The Bertz CT molecular complexity index is 674. The third kappa shape index (κ3) is 2.56. The fourth-order valence-electron chi connectivity index (χ4n) is 2.26. The van der Waals surface area contributed by atoms with Gasteiger partial charge in [0.05, 0.1) is 6.54 Å². The Morgan fingerprint density at radius 3 is 2.79 bits per heavy atom. The lowest BCUT2D eigenvalue weighted by Gasteiger charge is -2.13. The van der Waals surface area contributed by atoms with Crippen molar-refractivity contribution >= 4 is 11.6 Å². The second-order valence-electron chi connectivity index (χ2n) is 5.06. The van der Waals surface area contributed by atoms with E-state index in [1.807, 2.05) is 18.2 Å². The van der Waals surface area contributed by atoms with Gasteiger partial charge in [0.25, 0.3) is 5.56 Å². The molecule has 0 spiro atoms. The average Bonchev–Trinajstić information content (AvgIpc) is 3.18. The molecule has 0 radical (unpaired) electrons. The molecule has 3 rings (SSSR count). The average molecular weight is 275 g/mol. The lowest BCUT2D eigenvalue weighted by atomic mass is 10.1. The molecule has 1 saturated carbocycles. The first-order chi connectivity index (χ1) is 9.15. The van der Waals surface area contributed by atoms with Gasteiger partial charge in [-0.2, -0.15) is 0 Å². The first kappa shape index (κ1) is 12.4. The van der Waals surface area contributed by atoms with Crippen LogP contribution in [0, 0.1) is 6.92 Å². The maximum Gasteiger partial charge on any atom is 0.255 e. The number of aryl methyl sites for hydroxylation is 1. The van der Waals surface area contributed by atoms with E-state index >= 15 is 0 Å². The molecule has 0 unspecified atom stereocenters. The zero-order valence-corrected chi connectivity index (χ0v) is 11.5. The van der Waals surface area contributed by atoms with Crippen molar-refractivity contribution in [1.82, 2.24) is 9.55 Å². The third-order valence-corrected chi connectivity index (χ3v) is 3.73. The highest BCUT2D eigenvalue weighted by Gasteiger charge is 2.29. The number of hydrogen-bond acceptors (Lipinski definition) is 2. The van der Waals surface area contributed by atoms with Crippen LogP contribution in [0.3, 0.4) is 0 Å². The van der Waals surface area contributed by atoms with Crippen molar-refractivity contribution in [2.24, 2.45) is 0 Å². The normalized spacial score (nSPS) is 14.6. The quantitative estimate of drug-likeness (QED) is 0.806. The van der Waals surface area contributed by atoms with Gasteiger partial charge in [-0.15, -0.1) is 0 Å². The van der Waals surface area contributed by atoms with E-state index in [9.17, 15) is 4.79 Å². The minimum absolute atomic E-state index is 0.0647. The van der Waals surface area contributed by atoms with Crippen LogP contribution >= 0.6 is 11.6 Å². The summed E-state index contributed by atoms with van der Waals surface area (Å²) >= 11 is 5.90. The van der Waals surface area contributed by atoms with Crippen LogP contribution in [-0.4, -0.2) is 9.55 Å². The molecule has 1 aliphatic carbocycles. The molecule has 19 heavy (non-hydrogen) atoms. The van der Waals surface area contributed by atoms with E-state index in [4.69, 9.17) is 11.6 Å². The second kappa shape index (κ2) is 4.82. The number of nitrogens with zero attached hydrogens (tertiary/aromatic N) is 2. The summed E-state index contributed by atoms with van der Waals surface area (Å²) < 4.78 is 1.76. The number of halogens is 1. The predicted octanol–water partition coefficient (Wildman–Crippen LogP) is 3.13. The van der Waals surface area contributed by atoms with Crippen molar-refractivity contribution < 1.29 is 0 Å². The third-order valence-electron chi connectivity index (χ3n) is 3.54. The Labute approximate surface area is 116 Å². The summed E-state index contributed by atoms with van der Waals surface area (Å²) in [5.74, 6) is 1.23. The molecule has 0 atom stereocenters. The van der Waals surface area contributed by atoms with Gasteiger partial charge in [0.1, 0.15) is 11.0 Å². The molecule has 0 aliphatic heterocycles. The van der Waals surface area contributed by atoms with Crippen LogP contribution in [0.15, 0.2) is 35.1 Å². The largest absolute Gasteiger partial charge is 0.292 e. The van der Waals surface area contributed by atoms with E-state index in [1.54, 1.807) is 4.57 Å². The van der Waals surface area contributed by atoms with E-state index in [2.05, 4.69) is 18.0 Å². The lowest BCUT2D eigenvalue weighted by molar-refractivity contribution is 0.667. The first-order valence-corrected chi connectivity index (χ1v) is 6.85. The zero-order chi connectivity index (χ0) is 13.4. The van der Waals surface area contributed by atoms with Gasteiger partial charge in [0, 0.05) is 12.0 Å². The Balaban J connectivity index is 2.05. The molecule has 98 valence electrons. The summed E-state index contributed by atoms with van der Waals surface area (Å²) in [4.78, 5) is 16.5. The van der Waals surface area contributed by atoms with Gasteiger partial charge in [-0.25, -0.2) is 4.98 Å². The van der Waals surface area contributed by atoms with Gasteiger partial charge in [-0.3, -0.25) is 9.36 Å². The first-order valence-electron chi connectivity index (χ1n) is 6.47. The molecule has 1 aromatic carbocycles. The van der Waals surface area contributed by atoms with Gasteiger partial charge in [0.15, 0.2) is 0 Å². The monoisotopic (exact) mass is 274 g/mol. The van der Waals surface area contributed by atoms with Crippen LogP contribution in [-0.2, 0) is 6.54 Å². The minimum atomic E-state index is -0.0647. The fraction of sp³-hybridized carbons (Fsp3) is 0.333. The molecule has 1 fully saturated rings. The van der Waals surface area contributed by atoms with Crippen LogP contribution in [0.2, 0.25) is 5.15 Å². The predicted molar refractivity (Wildman–Crippen MR) is 75.8 cm³/mol. The topological polar surface area (TPSA) is 34.9 Å². The van der Waals surface area contributed by atoms with Crippen molar-refractivity contribution in [3.8, 4) is 0 Å². The van der Waals surface area contributed by atoms with E-state index in [0.717, 1.165) is 24.2 Å². The molecule has 1 aromatic heterocycles. The summed E-state index contributed by atoms with van der Waals surface area (Å²) in [7, 11) is 0. The molecular weight excluding hydrogens is 260 g/mol. The van der Waals surface area contributed by atoms with Gasteiger partial charge in [-0.05, 0) is 30.9 Å². The Kier molecular flexibility index (Phi) is 3.15. The van der Waals surface area contributed by atoms with Crippen molar-refractivity contribution in [2.45, 2.75) is 32.2 Å². The molecule has 0 bridgehead atoms. The summed E-state index contributed by atoms with van der Waals surface area (Å²) in [6.45, 7) is 2.63. The summed E-state index contributed by atoms with van der Waals surface area (Å²) in [6, 6.07) is 9.50. The van der Waals surface area contributed by atoms with Crippen LogP contribution in [0.4, 0.5) is 0 Å². The Morgan fingerprint density at radius 2 is 2.11 bits per heavy atom. The molecule has 0 amide bonds. The number of aromatic nitrogens is 2. The van der Waals surface area contributed by atoms with Crippen LogP contribution in [0.25, 0.3) is 0 Å². The van der Waals surface area contributed by atoms with Crippen LogP contribution in [0.5, 0.6) is 0 Å². The van der Waals surface area contributed by atoms with Crippen molar-refractivity contribution in [2.75, 3.05) is 0 Å². The van der Waals surface area contributed by atoms with E-state index in [-0.39, 0.29) is 5.56 Å². The summed E-state index contributed by atoms with van der Waals surface area (Å²) in [5.41, 5.74) is 2.27. The summed E-state index contributed by atoms with van der Waals surface area (Å²) in [6.07, 6.45) is 2.20. The van der Waals surface area contributed by atoms with Gasteiger partial charge in [0.2, 0.25) is 0 Å². The number of hydrogen-bond donors (Lipinski definition) is 0. The molecule has 1 heterocycles. The minimum Gasteiger partial charge on any atom is -0.292 e. The molecule has 0 N–H and O–H groups in total. The highest BCUT2D eigenvalue weighted by Crippen LogP contribution is 2.38. The molecule has 4 heteroatoms. The molecule has 1 aliphatic rings. The second-order valence-corrected chi connectivity index (χ2v) is 5.45. The van der Waals surface area contributed by atoms with E-state index < -0.39 is 0 Å². The summed E-state index contributed by atoms with van der Waals surface area (Å²) in [5, 5.41) is 0.299. The molecule has 3 nitrogen and oxygen atoms in total. The maximum atomic E-state index is 12.1. The van der Waals surface area contributed by atoms with Gasteiger partial charge >= 0.3 is 0 Å². The smallest absolute Gasteiger partial charge is 0.255 e. The van der Waals surface area contributed by atoms with Crippen LogP contribution in [0.1, 0.15) is 35.7 Å². The van der Waals surface area contributed by atoms with Gasteiger partial charge in [-0.1, -0.05) is 35.9 Å². The Hall–Kier alpha value is -1.61. The zero-order valence-electron chi connectivity index (χ0n) is 10.8. The number of rotatable bonds is 3. The van der Waals surface area contributed by atoms with Gasteiger partial charge < -0.3 is 0 Å². The maximum absolute atomic E-state index is 12.1. The van der Waals surface area contributed by atoms with Crippen LogP contribution < -0.4 is 5.56 Å². The SMILES string of the molecule is Cc1ccccc1Cn1c(C2CC2)nc(Cl)cc1=O. The Morgan fingerprint density at radius 1 is 1.37 bits per heavy atom.